The van der Waals surface area contributed by atoms with E-state index < -0.39 is 5.60 Å². The first-order valence-corrected chi connectivity index (χ1v) is 8.11. The fraction of sp³-hybridized carbons (Fsp3) is 0.611. The fourth-order valence-electron chi connectivity index (χ4n) is 2.81. The molecule has 1 saturated heterocycles. The van der Waals surface area contributed by atoms with Crippen LogP contribution in [0.3, 0.4) is 0 Å². The number of piperidine rings is 1. The number of rotatable bonds is 3. The highest BCUT2D eigenvalue weighted by Gasteiger charge is 2.33. The molecule has 22 heavy (non-hydrogen) atoms. The Kier molecular flexibility index (Phi) is 5.46. The maximum Gasteiger partial charge on any atom is 0.410 e. The first-order chi connectivity index (χ1) is 10.4. The van der Waals surface area contributed by atoms with E-state index >= 15 is 0 Å². The SMILES string of the molecule is CC1CCNCC1N(Cc1ccccc1)C(=O)OC(C)(C)C. The van der Waals surface area contributed by atoms with Crippen LogP contribution in [0, 0.1) is 5.92 Å². The van der Waals surface area contributed by atoms with Gasteiger partial charge in [0, 0.05) is 13.1 Å². The van der Waals surface area contributed by atoms with Crippen molar-refractivity contribution in [3.63, 3.8) is 0 Å². The molecule has 1 aliphatic rings. The van der Waals surface area contributed by atoms with Gasteiger partial charge in [0.2, 0.25) is 0 Å². The Morgan fingerprint density at radius 1 is 1.32 bits per heavy atom. The van der Waals surface area contributed by atoms with Crippen molar-refractivity contribution in [3.05, 3.63) is 35.9 Å². The van der Waals surface area contributed by atoms with Crippen LogP contribution in [-0.4, -0.2) is 35.7 Å². The quantitative estimate of drug-likeness (QED) is 0.930. The zero-order valence-corrected chi connectivity index (χ0v) is 14.1. The molecule has 0 radical (unpaired) electrons. The molecule has 2 unspecified atom stereocenters. The van der Waals surface area contributed by atoms with Crippen LogP contribution in [0.4, 0.5) is 4.79 Å². The molecular formula is C18H28N2O2. The van der Waals surface area contributed by atoms with Gasteiger partial charge in [0.15, 0.2) is 0 Å². The number of nitrogens with one attached hydrogen (secondary N) is 1. The van der Waals surface area contributed by atoms with Crippen LogP contribution in [0.15, 0.2) is 30.3 Å². The molecular weight excluding hydrogens is 276 g/mol. The van der Waals surface area contributed by atoms with Crippen LogP contribution < -0.4 is 5.32 Å². The molecule has 0 bridgehead atoms. The van der Waals surface area contributed by atoms with Gasteiger partial charge in [-0.1, -0.05) is 37.3 Å². The van der Waals surface area contributed by atoms with Crippen molar-refractivity contribution in [1.82, 2.24) is 10.2 Å². The third kappa shape index (κ3) is 4.73. The molecule has 122 valence electrons. The molecule has 1 aliphatic heterocycles. The highest BCUT2D eigenvalue weighted by molar-refractivity contribution is 5.68. The topological polar surface area (TPSA) is 41.6 Å². The number of carbonyl (C=O) groups excluding carboxylic acids is 1. The standard InChI is InChI=1S/C18H28N2O2/c1-14-10-11-19-12-16(14)20(17(21)22-18(2,3)4)13-15-8-6-5-7-9-15/h5-9,14,16,19H,10-13H2,1-4H3. The largest absolute Gasteiger partial charge is 0.444 e. The predicted octanol–water partition coefficient (Wildman–Crippen LogP) is 3.42. The van der Waals surface area contributed by atoms with Gasteiger partial charge in [-0.3, -0.25) is 4.90 Å². The minimum Gasteiger partial charge on any atom is -0.444 e. The van der Waals surface area contributed by atoms with E-state index in [-0.39, 0.29) is 12.1 Å². The van der Waals surface area contributed by atoms with E-state index in [4.69, 9.17) is 4.74 Å². The van der Waals surface area contributed by atoms with Gasteiger partial charge in [0.1, 0.15) is 5.60 Å². The maximum absolute atomic E-state index is 12.7. The van der Waals surface area contributed by atoms with Crippen molar-refractivity contribution in [3.8, 4) is 0 Å². The second kappa shape index (κ2) is 7.14. The summed E-state index contributed by atoms with van der Waals surface area (Å²) in [5, 5.41) is 3.40. The van der Waals surface area contributed by atoms with Crippen molar-refractivity contribution >= 4 is 6.09 Å². The van der Waals surface area contributed by atoms with Gasteiger partial charge in [-0.15, -0.1) is 0 Å². The summed E-state index contributed by atoms with van der Waals surface area (Å²) in [5.74, 6) is 0.470. The number of nitrogens with zero attached hydrogens (tertiary/aromatic N) is 1. The monoisotopic (exact) mass is 304 g/mol. The first-order valence-electron chi connectivity index (χ1n) is 8.11. The van der Waals surface area contributed by atoms with Crippen LogP contribution >= 0.6 is 0 Å². The Morgan fingerprint density at radius 2 is 2.00 bits per heavy atom. The summed E-state index contributed by atoms with van der Waals surface area (Å²) >= 11 is 0. The van der Waals surface area contributed by atoms with Crippen molar-refractivity contribution in [2.75, 3.05) is 13.1 Å². The molecule has 1 aromatic carbocycles. The van der Waals surface area contributed by atoms with Crippen LogP contribution in [0.25, 0.3) is 0 Å². The Labute approximate surface area is 133 Å². The van der Waals surface area contributed by atoms with Crippen LogP contribution in [-0.2, 0) is 11.3 Å². The highest BCUT2D eigenvalue weighted by atomic mass is 16.6. The van der Waals surface area contributed by atoms with Crippen LogP contribution in [0.5, 0.6) is 0 Å². The lowest BCUT2D eigenvalue weighted by atomic mass is 9.93. The fourth-order valence-corrected chi connectivity index (χ4v) is 2.81. The maximum atomic E-state index is 12.7. The minimum absolute atomic E-state index is 0.170. The van der Waals surface area contributed by atoms with Gasteiger partial charge < -0.3 is 10.1 Å². The third-order valence-electron chi connectivity index (χ3n) is 4.01. The molecule has 1 heterocycles. The van der Waals surface area contributed by atoms with E-state index in [1.807, 2.05) is 43.9 Å². The van der Waals surface area contributed by atoms with E-state index in [0.717, 1.165) is 25.1 Å². The number of benzene rings is 1. The normalized spacial score (nSPS) is 22.2. The molecule has 1 amide bonds. The van der Waals surface area contributed by atoms with Gasteiger partial charge >= 0.3 is 6.09 Å². The molecule has 4 heteroatoms. The summed E-state index contributed by atoms with van der Waals surface area (Å²) in [6.07, 6.45) is 0.857. The van der Waals surface area contributed by atoms with E-state index in [0.29, 0.717) is 12.5 Å². The van der Waals surface area contributed by atoms with Crippen molar-refractivity contribution in [2.45, 2.75) is 52.3 Å². The number of carbonyl (C=O) groups is 1. The Balaban J connectivity index is 2.17. The zero-order chi connectivity index (χ0) is 16.2. The average Bonchev–Trinajstić information content (AvgIpc) is 2.45. The molecule has 0 saturated carbocycles. The molecule has 0 aromatic heterocycles. The molecule has 0 spiro atoms. The molecule has 0 aliphatic carbocycles. The molecule has 1 fully saturated rings. The molecule has 2 rings (SSSR count). The summed E-state index contributed by atoms with van der Waals surface area (Å²) < 4.78 is 5.63. The van der Waals surface area contributed by atoms with Gasteiger partial charge in [-0.05, 0) is 45.2 Å². The number of hydrogen-bond acceptors (Lipinski definition) is 3. The van der Waals surface area contributed by atoms with E-state index in [1.54, 1.807) is 0 Å². The van der Waals surface area contributed by atoms with Crippen molar-refractivity contribution < 1.29 is 9.53 Å². The lowest BCUT2D eigenvalue weighted by molar-refractivity contribution is 0.00489. The average molecular weight is 304 g/mol. The second-order valence-electron chi connectivity index (χ2n) is 7.13. The van der Waals surface area contributed by atoms with E-state index in [9.17, 15) is 4.79 Å². The lowest BCUT2D eigenvalue weighted by Crippen LogP contribution is -2.53. The van der Waals surface area contributed by atoms with E-state index in [1.165, 1.54) is 0 Å². The first kappa shape index (κ1) is 16.8. The van der Waals surface area contributed by atoms with Crippen LogP contribution in [0.1, 0.15) is 39.7 Å². The highest BCUT2D eigenvalue weighted by Crippen LogP contribution is 2.22. The summed E-state index contributed by atoms with van der Waals surface area (Å²) in [4.78, 5) is 14.6. The van der Waals surface area contributed by atoms with E-state index in [2.05, 4.69) is 24.4 Å². The van der Waals surface area contributed by atoms with Gasteiger partial charge in [-0.25, -0.2) is 4.79 Å². The van der Waals surface area contributed by atoms with Gasteiger partial charge in [0.05, 0.1) is 6.04 Å². The lowest BCUT2D eigenvalue weighted by Gasteiger charge is -2.39. The number of amides is 1. The third-order valence-corrected chi connectivity index (χ3v) is 4.01. The molecule has 4 nitrogen and oxygen atoms in total. The van der Waals surface area contributed by atoms with Gasteiger partial charge in [-0.2, -0.15) is 0 Å². The Hall–Kier alpha value is -1.55. The predicted molar refractivity (Wildman–Crippen MR) is 88.7 cm³/mol. The number of ether oxygens (including phenoxy) is 1. The minimum atomic E-state index is -0.475. The Bertz CT molecular complexity index is 482. The van der Waals surface area contributed by atoms with Crippen molar-refractivity contribution in [1.29, 1.82) is 0 Å². The smallest absolute Gasteiger partial charge is 0.410 e. The second-order valence-corrected chi connectivity index (χ2v) is 7.13. The summed E-state index contributed by atoms with van der Waals surface area (Å²) in [5.41, 5.74) is 0.656. The van der Waals surface area contributed by atoms with Crippen molar-refractivity contribution in [2.24, 2.45) is 5.92 Å². The Morgan fingerprint density at radius 3 is 2.59 bits per heavy atom. The van der Waals surface area contributed by atoms with Gasteiger partial charge in [0.25, 0.3) is 0 Å². The summed E-state index contributed by atoms with van der Waals surface area (Å²) in [7, 11) is 0. The number of hydrogen-bond donors (Lipinski definition) is 1. The van der Waals surface area contributed by atoms with Crippen LogP contribution in [0.2, 0.25) is 0 Å². The molecule has 1 aromatic rings. The molecule has 1 N–H and O–H groups in total. The zero-order valence-electron chi connectivity index (χ0n) is 14.1. The summed E-state index contributed by atoms with van der Waals surface area (Å²) in [6, 6.07) is 10.3. The molecule has 2 atom stereocenters. The summed E-state index contributed by atoms with van der Waals surface area (Å²) in [6.45, 7) is 10.4.